The third kappa shape index (κ3) is 4.46. The Kier molecular flexibility index (Phi) is 5.77. The van der Waals surface area contributed by atoms with Crippen LogP contribution in [-0.2, 0) is 17.8 Å². The number of halogens is 1. The molecule has 1 aliphatic rings. The molecular weight excluding hydrogens is 466 g/mol. The minimum atomic E-state index is -0.215. The van der Waals surface area contributed by atoms with Gasteiger partial charge >= 0.3 is 0 Å². The SMILES string of the molecule is O=C(COc1cccc2ccc(N3CCc4ccccc4C3)nc12)Nc1ccc(Br)cc1. The lowest BCUT2D eigenvalue weighted by atomic mass is 10.00. The van der Waals surface area contributed by atoms with Crippen molar-refractivity contribution in [1.82, 2.24) is 4.98 Å². The zero-order valence-corrected chi connectivity index (χ0v) is 19.0. The quantitative estimate of drug-likeness (QED) is 0.399. The maximum atomic E-state index is 12.4. The van der Waals surface area contributed by atoms with Crippen LogP contribution in [0.3, 0.4) is 0 Å². The lowest BCUT2D eigenvalue weighted by molar-refractivity contribution is -0.118. The molecule has 1 amide bonds. The molecule has 3 aromatic carbocycles. The molecule has 0 bridgehead atoms. The number of pyridine rings is 1. The molecule has 4 aromatic rings. The third-order valence-corrected chi connectivity index (χ3v) is 6.14. The van der Waals surface area contributed by atoms with E-state index < -0.39 is 0 Å². The molecule has 1 aliphatic heterocycles. The van der Waals surface area contributed by atoms with E-state index in [0.717, 1.165) is 46.4 Å². The topological polar surface area (TPSA) is 54.5 Å². The largest absolute Gasteiger partial charge is 0.481 e. The predicted molar refractivity (Wildman–Crippen MR) is 131 cm³/mol. The van der Waals surface area contributed by atoms with Gasteiger partial charge in [-0.2, -0.15) is 0 Å². The summed E-state index contributed by atoms with van der Waals surface area (Å²) in [4.78, 5) is 19.6. The summed E-state index contributed by atoms with van der Waals surface area (Å²) in [6.07, 6.45) is 1.00. The van der Waals surface area contributed by atoms with Crippen LogP contribution in [0.2, 0.25) is 0 Å². The third-order valence-electron chi connectivity index (χ3n) is 5.61. The minimum absolute atomic E-state index is 0.0851. The van der Waals surface area contributed by atoms with Crippen LogP contribution in [0.5, 0.6) is 5.75 Å². The summed E-state index contributed by atoms with van der Waals surface area (Å²) >= 11 is 3.39. The van der Waals surface area contributed by atoms with Gasteiger partial charge in [0.15, 0.2) is 6.61 Å². The van der Waals surface area contributed by atoms with E-state index in [0.29, 0.717) is 5.75 Å². The van der Waals surface area contributed by atoms with Crippen molar-refractivity contribution in [1.29, 1.82) is 0 Å². The molecule has 0 aliphatic carbocycles. The van der Waals surface area contributed by atoms with Crippen LogP contribution in [-0.4, -0.2) is 24.0 Å². The highest BCUT2D eigenvalue weighted by molar-refractivity contribution is 9.10. The second kappa shape index (κ2) is 9.01. The number of ether oxygens (including phenoxy) is 1. The molecule has 1 N–H and O–H groups in total. The number of hydrogen-bond acceptors (Lipinski definition) is 4. The van der Waals surface area contributed by atoms with Crippen LogP contribution in [0.1, 0.15) is 11.1 Å². The van der Waals surface area contributed by atoms with Gasteiger partial charge < -0.3 is 15.0 Å². The zero-order valence-electron chi connectivity index (χ0n) is 17.4. The molecule has 0 radical (unpaired) electrons. The number of fused-ring (bicyclic) bond motifs is 2. The number of rotatable bonds is 5. The molecule has 5 rings (SSSR count). The predicted octanol–water partition coefficient (Wildman–Crippen LogP) is 5.58. The fourth-order valence-corrected chi connectivity index (χ4v) is 4.23. The van der Waals surface area contributed by atoms with Gasteiger partial charge in [0.1, 0.15) is 17.1 Å². The number of nitrogens with zero attached hydrogens (tertiary/aromatic N) is 2. The van der Waals surface area contributed by atoms with E-state index in [-0.39, 0.29) is 12.5 Å². The van der Waals surface area contributed by atoms with Crippen molar-refractivity contribution in [3.63, 3.8) is 0 Å². The summed E-state index contributed by atoms with van der Waals surface area (Å²) < 4.78 is 6.83. The Morgan fingerprint density at radius 2 is 1.78 bits per heavy atom. The summed E-state index contributed by atoms with van der Waals surface area (Å²) in [6, 6.07) is 25.9. The van der Waals surface area contributed by atoms with Gasteiger partial charge in [0.25, 0.3) is 5.91 Å². The number of hydrogen-bond donors (Lipinski definition) is 1. The molecule has 160 valence electrons. The lowest BCUT2D eigenvalue weighted by Crippen LogP contribution is -2.30. The normalized spacial score (nSPS) is 13.0. The van der Waals surface area contributed by atoms with E-state index in [1.807, 2.05) is 42.5 Å². The average molecular weight is 488 g/mol. The first-order valence-corrected chi connectivity index (χ1v) is 11.3. The smallest absolute Gasteiger partial charge is 0.262 e. The number of anilines is 2. The molecule has 32 heavy (non-hydrogen) atoms. The van der Waals surface area contributed by atoms with Crippen molar-refractivity contribution < 1.29 is 9.53 Å². The van der Waals surface area contributed by atoms with Crippen LogP contribution >= 0.6 is 15.9 Å². The van der Waals surface area contributed by atoms with Gasteiger partial charge in [-0.3, -0.25) is 4.79 Å². The highest BCUT2D eigenvalue weighted by atomic mass is 79.9. The Labute approximate surface area is 195 Å². The zero-order chi connectivity index (χ0) is 21.9. The van der Waals surface area contributed by atoms with Gasteiger partial charge in [-0.25, -0.2) is 4.98 Å². The van der Waals surface area contributed by atoms with Gasteiger partial charge in [-0.15, -0.1) is 0 Å². The molecule has 0 saturated heterocycles. The van der Waals surface area contributed by atoms with Crippen molar-refractivity contribution in [3.05, 3.63) is 94.5 Å². The first-order chi connectivity index (χ1) is 15.7. The summed E-state index contributed by atoms with van der Waals surface area (Å²) in [7, 11) is 0. The number of carbonyl (C=O) groups is 1. The standard InChI is InChI=1S/C26H22BrN3O2/c27-21-9-11-22(12-10-21)28-25(31)17-32-23-7-3-6-19-8-13-24(29-26(19)23)30-15-14-18-4-1-2-5-20(18)16-30/h1-13H,14-17H2,(H,28,31). The second-order valence-corrected chi connectivity index (χ2v) is 8.70. The van der Waals surface area contributed by atoms with Crippen molar-refractivity contribution in [2.45, 2.75) is 13.0 Å². The van der Waals surface area contributed by atoms with Crippen LogP contribution in [0.25, 0.3) is 10.9 Å². The Morgan fingerprint density at radius 3 is 2.62 bits per heavy atom. The highest BCUT2D eigenvalue weighted by Gasteiger charge is 2.18. The fourth-order valence-electron chi connectivity index (χ4n) is 3.97. The van der Waals surface area contributed by atoms with E-state index >= 15 is 0 Å². The van der Waals surface area contributed by atoms with E-state index in [2.05, 4.69) is 62.5 Å². The number of nitrogens with one attached hydrogen (secondary N) is 1. The van der Waals surface area contributed by atoms with E-state index in [1.54, 1.807) is 0 Å². The maximum absolute atomic E-state index is 12.4. The molecule has 0 spiro atoms. The van der Waals surface area contributed by atoms with E-state index in [4.69, 9.17) is 9.72 Å². The van der Waals surface area contributed by atoms with Crippen LogP contribution in [0.15, 0.2) is 83.3 Å². The Morgan fingerprint density at radius 1 is 0.969 bits per heavy atom. The number of benzene rings is 3. The monoisotopic (exact) mass is 487 g/mol. The molecular formula is C26H22BrN3O2. The summed E-state index contributed by atoms with van der Waals surface area (Å²) in [5, 5.41) is 3.83. The minimum Gasteiger partial charge on any atom is -0.481 e. The first-order valence-electron chi connectivity index (χ1n) is 10.6. The van der Waals surface area contributed by atoms with Crippen LogP contribution in [0.4, 0.5) is 11.5 Å². The maximum Gasteiger partial charge on any atom is 0.262 e. The number of amides is 1. The van der Waals surface area contributed by atoms with Gasteiger partial charge in [0, 0.05) is 28.6 Å². The molecule has 5 nitrogen and oxygen atoms in total. The highest BCUT2D eigenvalue weighted by Crippen LogP contribution is 2.29. The Bertz CT molecular complexity index is 1270. The molecule has 6 heteroatoms. The van der Waals surface area contributed by atoms with Crippen LogP contribution < -0.4 is 15.0 Å². The van der Waals surface area contributed by atoms with Gasteiger partial charge in [0.2, 0.25) is 0 Å². The van der Waals surface area contributed by atoms with Crippen molar-refractivity contribution in [2.75, 3.05) is 23.4 Å². The molecule has 0 saturated carbocycles. The summed E-state index contributed by atoms with van der Waals surface area (Å²) in [6.45, 7) is 1.68. The van der Waals surface area contributed by atoms with Gasteiger partial charge in [-0.1, -0.05) is 52.3 Å². The second-order valence-electron chi connectivity index (χ2n) is 7.78. The Hall–Kier alpha value is -3.38. The summed E-state index contributed by atoms with van der Waals surface area (Å²) in [5.74, 6) is 1.31. The van der Waals surface area contributed by atoms with E-state index in [9.17, 15) is 4.79 Å². The lowest BCUT2D eigenvalue weighted by Gasteiger charge is -2.30. The summed E-state index contributed by atoms with van der Waals surface area (Å²) in [5.41, 5.74) is 4.24. The Balaban J connectivity index is 1.33. The number of carbonyl (C=O) groups excluding carboxylic acids is 1. The molecule has 1 aromatic heterocycles. The van der Waals surface area contributed by atoms with Gasteiger partial charge in [0.05, 0.1) is 0 Å². The average Bonchev–Trinajstić information content (AvgIpc) is 2.83. The molecule has 0 fully saturated rings. The molecule has 0 atom stereocenters. The fraction of sp³-hybridized carbons (Fsp3) is 0.154. The van der Waals surface area contributed by atoms with Crippen molar-refractivity contribution in [3.8, 4) is 5.75 Å². The van der Waals surface area contributed by atoms with Crippen LogP contribution in [0, 0.1) is 0 Å². The molecule has 2 heterocycles. The first kappa shape index (κ1) is 20.5. The number of aromatic nitrogens is 1. The van der Waals surface area contributed by atoms with Crippen molar-refractivity contribution >= 4 is 44.2 Å². The molecule has 0 unspecified atom stereocenters. The number of para-hydroxylation sites is 1. The van der Waals surface area contributed by atoms with E-state index in [1.165, 1.54) is 11.1 Å². The van der Waals surface area contributed by atoms with Crippen molar-refractivity contribution in [2.24, 2.45) is 0 Å². The van der Waals surface area contributed by atoms with Gasteiger partial charge in [-0.05, 0) is 60.0 Å².